The smallest absolute Gasteiger partial charge is 0.339 e. The minimum absolute atomic E-state index is 0.0652. The first-order chi connectivity index (χ1) is 9.06. The van der Waals surface area contributed by atoms with Crippen LogP contribution in [0, 0.1) is 5.92 Å². The number of nitrogens with zero attached hydrogens (tertiary/aromatic N) is 1. The Balaban J connectivity index is 2.43. The van der Waals surface area contributed by atoms with Gasteiger partial charge in [0, 0.05) is 12.5 Å². The predicted octanol–water partition coefficient (Wildman–Crippen LogP) is 0.705. The number of para-hydroxylation sites is 1. The molecule has 1 aromatic carbocycles. The molecule has 0 fully saturated rings. The van der Waals surface area contributed by atoms with Crippen molar-refractivity contribution in [1.82, 2.24) is 0 Å². The van der Waals surface area contributed by atoms with Gasteiger partial charge in [-0.15, -0.1) is 0 Å². The van der Waals surface area contributed by atoms with Crippen LogP contribution in [0.25, 0.3) is 0 Å². The van der Waals surface area contributed by atoms with Gasteiger partial charge in [0.05, 0.1) is 12.2 Å². The number of anilines is 1. The SMILES string of the molecule is CC(CN)C(=O)N1CCOc2c(C(=O)O)cccc21. The van der Waals surface area contributed by atoms with Crippen molar-refractivity contribution in [3.05, 3.63) is 23.8 Å². The van der Waals surface area contributed by atoms with Crippen LogP contribution in [0.1, 0.15) is 17.3 Å². The molecule has 1 amide bonds. The van der Waals surface area contributed by atoms with E-state index in [0.29, 0.717) is 12.2 Å². The van der Waals surface area contributed by atoms with E-state index in [1.165, 1.54) is 6.07 Å². The van der Waals surface area contributed by atoms with Crippen LogP contribution in [-0.2, 0) is 4.79 Å². The van der Waals surface area contributed by atoms with E-state index < -0.39 is 5.97 Å². The number of carbonyl (C=O) groups excluding carboxylic acids is 1. The van der Waals surface area contributed by atoms with Gasteiger partial charge in [0.15, 0.2) is 5.75 Å². The lowest BCUT2D eigenvalue weighted by Gasteiger charge is -2.31. The van der Waals surface area contributed by atoms with Gasteiger partial charge in [-0.25, -0.2) is 4.79 Å². The third kappa shape index (κ3) is 2.39. The number of carboxylic acid groups (broad SMARTS) is 1. The molecular formula is C13H16N2O4. The fourth-order valence-corrected chi connectivity index (χ4v) is 2.01. The summed E-state index contributed by atoms with van der Waals surface area (Å²) in [4.78, 5) is 24.9. The van der Waals surface area contributed by atoms with Crippen LogP contribution >= 0.6 is 0 Å². The van der Waals surface area contributed by atoms with Gasteiger partial charge in [0.25, 0.3) is 0 Å². The third-order valence-electron chi connectivity index (χ3n) is 3.12. The molecule has 19 heavy (non-hydrogen) atoms. The summed E-state index contributed by atoms with van der Waals surface area (Å²) in [6.45, 7) is 2.68. The molecule has 1 aromatic rings. The highest BCUT2D eigenvalue weighted by molar-refractivity contribution is 6.00. The van der Waals surface area contributed by atoms with E-state index in [4.69, 9.17) is 15.6 Å². The van der Waals surface area contributed by atoms with Crippen LogP contribution < -0.4 is 15.4 Å². The molecule has 2 rings (SSSR count). The van der Waals surface area contributed by atoms with Crippen LogP contribution in [0.15, 0.2) is 18.2 Å². The fraction of sp³-hybridized carbons (Fsp3) is 0.385. The zero-order valence-electron chi connectivity index (χ0n) is 10.6. The predicted molar refractivity (Wildman–Crippen MR) is 69.5 cm³/mol. The number of rotatable bonds is 3. The van der Waals surface area contributed by atoms with E-state index in [-0.39, 0.29) is 36.3 Å². The Hall–Kier alpha value is -2.08. The number of aromatic carboxylic acids is 1. The van der Waals surface area contributed by atoms with Gasteiger partial charge in [-0.3, -0.25) is 4.79 Å². The van der Waals surface area contributed by atoms with Crippen LogP contribution in [0.5, 0.6) is 5.75 Å². The highest BCUT2D eigenvalue weighted by Gasteiger charge is 2.29. The maximum atomic E-state index is 12.2. The van der Waals surface area contributed by atoms with Crippen molar-refractivity contribution in [2.75, 3.05) is 24.6 Å². The molecule has 1 unspecified atom stereocenters. The van der Waals surface area contributed by atoms with Crippen LogP contribution in [0.2, 0.25) is 0 Å². The molecule has 0 spiro atoms. The number of amides is 1. The molecule has 6 nitrogen and oxygen atoms in total. The van der Waals surface area contributed by atoms with Crippen LogP contribution in [0.3, 0.4) is 0 Å². The van der Waals surface area contributed by atoms with E-state index in [0.717, 1.165) is 0 Å². The lowest BCUT2D eigenvalue weighted by molar-refractivity contribution is -0.121. The van der Waals surface area contributed by atoms with Crippen molar-refractivity contribution in [2.45, 2.75) is 6.92 Å². The van der Waals surface area contributed by atoms with Gasteiger partial charge < -0.3 is 20.5 Å². The molecule has 0 aliphatic carbocycles. The first kappa shape index (κ1) is 13.4. The Morgan fingerprint density at radius 3 is 2.89 bits per heavy atom. The molecule has 3 N–H and O–H groups in total. The summed E-state index contributed by atoms with van der Waals surface area (Å²) in [6.07, 6.45) is 0. The second-order valence-corrected chi connectivity index (χ2v) is 4.43. The maximum absolute atomic E-state index is 12.2. The third-order valence-corrected chi connectivity index (χ3v) is 3.12. The monoisotopic (exact) mass is 264 g/mol. The van der Waals surface area contributed by atoms with Crippen LogP contribution in [0.4, 0.5) is 5.69 Å². The Morgan fingerprint density at radius 2 is 2.26 bits per heavy atom. The Bertz CT molecular complexity index is 515. The lowest BCUT2D eigenvalue weighted by atomic mass is 10.1. The van der Waals surface area contributed by atoms with Crippen molar-refractivity contribution in [1.29, 1.82) is 0 Å². The molecule has 102 valence electrons. The van der Waals surface area contributed by atoms with Gasteiger partial charge >= 0.3 is 5.97 Å². The first-order valence-corrected chi connectivity index (χ1v) is 6.06. The van der Waals surface area contributed by atoms with Gasteiger partial charge in [-0.1, -0.05) is 13.0 Å². The number of fused-ring (bicyclic) bond motifs is 1. The maximum Gasteiger partial charge on any atom is 0.339 e. The van der Waals surface area contributed by atoms with E-state index in [9.17, 15) is 9.59 Å². The Kier molecular flexibility index (Phi) is 3.71. The molecule has 0 saturated carbocycles. The van der Waals surface area contributed by atoms with Gasteiger partial charge in [0.2, 0.25) is 5.91 Å². The van der Waals surface area contributed by atoms with Crippen LogP contribution in [-0.4, -0.2) is 36.7 Å². The summed E-state index contributed by atoms with van der Waals surface area (Å²) in [5.41, 5.74) is 6.07. The highest BCUT2D eigenvalue weighted by atomic mass is 16.5. The van der Waals surface area contributed by atoms with Crippen molar-refractivity contribution in [3.8, 4) is 5.75 Å². The summed E-state index contributed by atoms with van der Waals surface area (Å²) in [6, 6.07) is 4.74. The lowest BCUT2D eigenvalue weighted by Crippen LogP contribution is -2.43. The number of hydrogen-bond donors (Lipinski definition) is 2. The average Bonchev–Trinajstić information content (AvgIpc) is 2.44. The summed E-state index contributed by atoms with van der Waals surface area (Å²) >= 11 is 0. The molecule has 0 saturated heterocycles. The van der Waals surface area contributed by atoms with E-state index >= 15 is 0 Å². The van der Waals surface area contributed by atoms with Crippen molar-refractivity contribution in [2.24, 2.45) is 11.7 Å². The summed E-state index contributed by atoms with van der Waals surface area (Å²) in [7, 11) is 0. The summed E-state index contributed by atoms with van der Waals surface area (Å²) < 4.78 is 5.40. The first-order valence-electron chi connectivity index (χ1n) is 6.06. The number of ether oxygens (including phenoxy) is 1. The van der Waals surface area contributed by atoms with E-state index in [2.05, 4.69) is 0 Å². The second kappa shape index (κ2) is 5.27. The largest absolute Gasteiger partial charge is 0.489 e. The molecule has 0 aromatic heterocycles. The standard InChI is InChI=1S/C13H16N2O4/c1-8(7-14)12(16)15-5-6-19-11-9(13(17)18)3-2-4-10(11)15/h2-4,8H,5-7,14H2,1H3,(H,17,18). The van der Waals surface area contributed by atoms with Crippen molar-refractivity contribution >= 4 is 17.6 Å². The fourth-order valence-electron chi connectivity index (χ4n) is 2.01. The quantitative estimate of drug-likeness (QED) is 0.838. The second-order valence-electron chi connectivity index (χ2n) is 4.43. The molecule has 1 aliphatic heterocycles. The van der Waals surface area contributed by atoms with Crippen molar-refractivity contribution < 1.29 is 19.4 Å². The van der Waals surface area contributed by atoms with E-state index in [1.807, 2.05) is 0 Å². The highest BCUT2D eigenvalue weighted by Crippen LogP contribution is 2.35. The molecule has 0 bridgehead atoms. The minimum Gasteiger partial charge on any atom is -0.489 e. The Labute approximate surface area is 110 Å². The number of benzene rings is 1. The van der Waals surface area contributed by atoms with Gasteiger partial charge in [-0.05, 0) is 12.1 Å². The topological polar surface area (TPSA) is 92.9 Å². The molecule has 6 heteroatoms. The minimum atomic E-state index is -1.07. The molecule has 1 heterocycles. The van der Waals surface area contributed by atoms with E-state index in [1.54, 1.807) is 24.0 Å². The van der Waals surface area contributed by atoms with Gasteiger partial charge in [0.1, 0.15) is 12.2 Å². The Morgan fingerprint density at radius 1 is 1.53 bits per heavy atom. The molecule has 1 atom stereocenters. The van der Waals surface area contributed by atoms with Gasteiger partial charge in [-0.2, -0.15) is 0 Å². The number of hydrogen-bond acceptors (Lipinski definition) is 4. The average molecular weight is 264 g/mol. The number of carbonyl (C=O) groups is 2. The normalized spacial score (nSPS) is 15.4. The summed E-state index contributed by atoms with van der Waals surface area (Å²) in [5, 5.41) is 9.12. The zero-order valence-corrected chi connectivity index (χ0v) is 10.6. The molecular weight excluding hydrogens is 248 g/mol. The number of nitrogens with two attached hydrogens (primary N) is 1. The summed E-state index contributed by atoms with van der Waals surface area (Å²) in [5.74, 6) is -1.24. The number of carboxylic acids is 1. The van der Waals surface area contributed by atoms with Crippen molar-refractivity contribution in [3.63, 3.8) is 0 Å². The molecule has 0 radical (unpaired) electrons. The molecule has 1 aliphatic rings. The zero-order chi connectivity index (χ0) is 14.0.